The summed E-state index contributed by atoms with van der Waals surface area (Å²) in [5.74, 6) is -3.83. The van der Waals surface area contributed by atoms with E-state index < -0.39 is 48.2 Å². The lowest BCUT2D eigenvalue weighted by molar-refractivity contribution is -0.155. The first kappa shape index (κ1) is 37.1. The molecule has 0 amide bonds. The zero-order valence-electron chi connectivity index (χ0n) is 23.5. The van der Waals surface area contributed by atoms with Gasteiger partial charge in [-0.25, -0.2) is 19.2 Å². The van der Waals surface area contributed by atoms with E-state index in [-0.39, 0.29) is 32.0 Å². The summed E-state index contributed by atoms with van der Waals surface area (Å²) in [6, 6.07) is 0. The van der Waals surface area contributed by atoms with E-state index in [0.29, 0.717) is 13.2 Å². The Hall–Kier alpha value is -2.92. The van der Waals surface area contributed by atoms with Crippen LogP contribution >= 0.6 is 0 Å². The van der Waals surface area contributed by atoms with Crippen molar-refractivity contribution >= 4 is 23.9 Å². The first-order chi connectivity index (χ1) is 18.7. The van der Waals surface area contributed by atoms with E-state index in [1.807, 2.05) is 13.8 Å². The van der Waals surface area contributed by atoms with Crippen molar-refractivity contribution in [2.75, 3.05) is 53.9 Å². The van der Waals surface area contributed by atoms with Gasteiger partial charge >= 0.3 is 23.9 Å². The lowest BCUT2D eigenvalue weighted by Gasteiger charge is -2.16. The van der Waals surface area contributed by atoms with Crippen LogP contribution in [0.2, 0.25) is 0 Å². The first-order valence-electron chi connectivity index (χ1n) is 12.1. The maximum atomic E-state index is 11.2. The molecule has 0 spiro atoms. The number of esters is 4. The van der Waals surface area contributed by atoms with Crippen LogP contribution in [0.1, 0.15) is 27.7 Å². The molecule has 15 heteroatoms. The Morgan fingerprint density at radius 3 is 1.55 bits per heavy atom. The Balaban J connectivity index is 0.000000596. The highest BCUT2D eigenvalue weighted by molar-refractivity contribution is 5.92. The number of carbonyl (C=O) groups is 4. The van der Waals surface area contributed by atoms with Gasteiger partial charge in [0, 0.05) is 24.3 Å². The van der Waals surface area contributed by atoms with Crippen LogP contribution in [0.3, 0.4) is 0 Å². The van der Waals surface area contributed by atoms with Crippen LogP contribution in [-0.2, 0) is 57.1 Å². The van der Waals surface area contributed by atoms with Gasteiger partial charge in [0.15, 0.2) is 11.6 Å². The number of carbonyl (C=O) groups excluding carboxylic acids is 4. The fraction of sp³-hybridized carbons (Fsp3) is 0.680. The molecule has 2 aliphatic heterocycles. The standard InChI is InChI=1S/C11H16O6.C8H12O6.C6H12O3/c1-11(2)16-7-8(17-11)6-15-10(13)5-4-9(12)14-3;1-13-7(11)2-3-8(12)14-5-6(10)4-9;1-6(2)8-4-5(3-7)9-6/h4-5,8H,6-7H2,1-3H3;2-3,6,9-10H,4-5H2,1H3;5,7H,3-4H2,1-2H3/b5-4+;3-2+;/t8-;6-;5-/m010/s1. The van der Waals surface area contributed by atoms with Gasteiger partial charge in [-0.15, -0.1) is 0 Å². The van der Waals surface area contributed by atoms with Gasteiger partial charge in [0.25, 0.3) is 0 Å². The van der Waals surface area contributed by atoms with Crippen LogP contribution in [0, 0.1) is 0 Å². The molecule has 2 rings (SSSR count). The van der Waals surface area contributed by atoms with E-state index in [9.17, 15) is 19.2 Å². The minimum Gasteiger partial charge on any atom is -0.466 e. The lowest BCUT2D eigenvalue weighted by atomic mass is 10.4. The summed E-state index contributed by atoms with van der Waals surface area (Å²) in [6.45, 7) is 7.44. The van der Waals surface area contributed by atoms with Gasteiger partial charge in [-0.05, 0) is 27.7 Å². The Morgan fingerprint density at radius 2 is 1.20 bits per heavy atom. The monoisotopic (exact) mass is 580 g/mol. The third-order valence-corrected chi connectivity index (χ3v) is 4.49. The zero-order valence-corrected chi connectivity index (χ0v) is 23.5. The fourth-order valence-electron chi connectivity index (χ4n) is 2.61. The number of hydrogen-bond acceptors (Lipinski definition) is 15. The number of ether oxygens (including phenoxy) is 8. The number of hydrogen-bond donors (Lipinski definition) is 3. The average Bonchev–Trinajstić information content (AvgIpc) is 3.47. The predicted octanol–water partition coefficient (Wildman–Crippen LogP) is -0.847. The molecule has 2 saturated heterocycles. The largest absolute Gasteiger partial charge is 0.466 e. The summed E-state index contributed by atoms with van der Waals surface area (Å²) in [5.41, 5.74) is 0. The molecule has 0 radical (unpaired) electrons. The molecule has 40 heavy (non-hydrogen) atoms. The molecule has 0 bridgehead atoms. The minimum absolute atomic E-state index is 0.0451. The lowest BCUT2D eigenvalue weighted by Crippen LogP contribution is -2.24. The van der Waals surface area contributed by atoms with Crippen molar-refractivity contribution < 1.29 is 72.4 Å². The second-order valence-electron chi connectivity index (χ2n) is 8.89. The molecular weight excluding hydrogens is 540 g/mol. The SMILES string of the molecule is CC1(C)OC[C@H](CO)O1.COC(=O)/C=C/C(=O)OC[C@H](O)CO.COC(=O)/C=C/C(=O)OC[C@H]1COC(C)(C)O1. The molecule has 2 fully saturated rings. The van der Waals surface area contributed by atoms with Gasteiger partial charge < -0.3 is 53.2 Å². The summed E-state index contributed by atoms with van der Waals surface area (Å²) in [5, 5.41) is 25.8. The highest BCUT2D eigenvalue weighted by Crippen LogP contribution is 2.22. The van der Waals surface area contributed by atoms with E-state index in [1.165, 1.54) is 14.2 Å². The van der Waals surface area contributed by atoms with E-state index in [2.05, 4.69) is 14.2 Å². The van der Waals surface area contributed by atoms with E-state index >= 15 is 0 Å². The first-order valence-corrected chi connectivity index (χ1v) is 12.1. The number of methoxy groups -OCH3 is 2. The Labute approximate surface area is 232 Å². The second kappa shape index (κ2) is 19.2. The third kappa shape index (κ3) is 18.4. The molecule has 3 N–H and O–H groups in total. The van der Waals surface area contributed by atoms with Crippen LogP contribution in [0.15, 0.2) is 24.3 Å². The molecule has 0 aromatic rings. The van der Waals surface area contributed by atoms with Gasteiger partial charge in [-0.2, -0.15) is 0 Å². The van der Waals surface area contributed by atoms with Crippen LogP contribution in [0.5, 0.6) is 0 Å². The molecule has 230 valence electrons. The molecule has 15 nitrogen and oxygen atoms in total. The molecule has 0 aliphatic carbocycles. The molecule has 2 heterocycles. The van der Waals surface area contributed by atoms with Crippen molar-refractivity contribution in [1.82, 2.24) is 0 Å². The Morgan fingerprint density at radius 1 is 0.775 bits per heavy atom. The maximum Gasteiger partial charge on any atom is 0.331 e. The van der Waals surface area contributed by atoms with Gasteiger partial charge in [-0.1, -0.05) is 0 Å². The molecule has 0 aromatic carbocycles. The topological polar surface area (TPSA) is 203 Å². The number of aliphatic hydroxyl groups excluding tert-OH is 3. The normalized spacial score (nSPS) is 21.4. The molecular formula is C25H40O15. The molecule has 0 aromatic heterocycles. The predicted molar refractivity (Wildman–Crippen MR) is 134 cm³/mol. The maximum absolute atomic E-state index is 11.2. The second-order valence-corrected chi connectivity index (χ2v) is 8.89. The Kier molecular flexibility index (Phi) is 17.8. The van der Waals surface area contributed by atoms with Crippen molar-refractivity contribution in [2.24, 2.45) is 0 Å². The van der Waals surface area contributed by atoms with Crippen molar-refractivity contribution in [2.45, 2.75) is 57.6 Å². The van der Waals surface area contributed by atoms with E-state index in [4.69, 9.17) is 39.0 Å². The minimum atomic E-state index is -1.11. The van der Waals surface area contributed by atoms with Crippen molar-refractivity contribution in [1.29, 1.82) is 0 Å². The molecule has 0 unspecified atom stereocenters. The van der Waals surface area contributed by atoms with Crippen LogP contribution in [0.25, 0.3) is 0 Å². The summed E-state index contributed by atoms with van der Waals surface area (Å²) in [4.78, 5) is 43.1. The molecule has 3 atom stereocenters. The average molecular weight is 581 g/mol. The highest BCUT2D eigenvalue weighted by atomic mass is 16.8. The zero-order chi connectivity index (χ0) is 30.8. The van der Waals surface area contributed by atoms with Crippen LogP contribution in [0.4, 0.5) is 0 Å². The van der Waals surface area contributed by atoms with Crippen molar-refractivity contribution in [3.8, 4) is 0 Å². The smallest absolute Gasteiger partial charge is 0.331 e. The number of aliphatic hydroxyl groups is 3. The van der Waals surface area contributed by atoms with Gasteiger partial charge in [0.2, 0.25) is 0 Å². The van der Waals surface area contributed by atoms with E-state index in [0.717, 1.165) is 24.3 Å². The van der Waals surface area contributed by atoms with Crippen LogP contribution in [-0.4, -0.2) is 123 Å². The number of rotatable bonds is 10. The summed E-state index contributed by atoms with van der Waals surface area (Å²) < 4.78 is 39.0. The van der Waals surface area contributed by atoms with Crippen molar-refractivity contribution in [3.05, 3.63) is 24.3 Å². The Bertz CT molecular complexity index is 849. The van der Waals surface area contributed by atoms with Gasteiger partial charge in [0.1, 0.15) is 31.5 Å². The summed E-state index contributed by atoms with van der Waals surface area (Å²) >= 11 is 0. The molecule has 2 aliphatic rings. The third-order valence-electron chi connectivity index (χ3n) is 4.49. The van der Waals surface area contributed by atoms with Crippen molar-refractivity contribution in [3.63, 3.8) is 0 Å². The summed E-state index contributed by atoms with van der Waals surface area (Å²) in [6.07, 6.45) is 2.26. The summed E-state index contributed by atoms with van der Waals surface area (Å²) in [7, 11) is 2.40. The fourth-order valence-corrected chi connectivity index (χ4v) is 2.61. The highest BCUT2D eigenvalue weighted by Gasteiger charge is 2.33. The van der Waals surface area contributed by atoms with E-state index in [1.54, 1.807) is 13.8 Å². The molecule has 0 saturated carbocycles. The van der Waals surface area contributed by atoms with Crippen LogP contribution < -0.4 is 0 Å². The van der Waals surface area contributed by atoms with Gasteiger partial charge in [-0.3, -0.25) is 0 Å². The van der Waals surface area contributed by atoms with Gasteiger partial charge in [0.05, 0.1) is 40.6 Å². The quantitative estimate of drug-likeness (QED) is 0.164.